The number of aliphatic hydroxyl groups excluding tert-OH is 1. The SMILES string of the molecule is C=C(C)[C@@H]1CC[C@]2(C)CC[C@]3(C)[C@H](CC[C@H]4[C@@]5(C)C(N=C=S)C[C@H](O)C(C)(C)[C@@H]5CC[C@]43C)[C@@H]12. The summed E-state index contributed by atoms with van der Waals surface area (Å²) >= 11 is 5.16. The minimum absolute atomic E-state index is 0.0691. The zero-order valence-corrected chi connectivity index (χ0v) is 23.7. The summed E-state index contributed by atoms with van der Waals surface area (Å²) in [6, 6.07) is 0.0892. The first-order valence-electron chi connectivity index (χ1n) is 14.2. The van der Waals surface area contributed by atoms with Crippen LogP contribution in [0.1, 0.15) is 106 Å². The van der Waals surface area contributed by atoms with E-state index in [1.165, 1.54) is 56.9 Å². The quantitative estimate of drug-likeness (QED) is 0.244. The second-order valence-corrected chi connectivity index (χ2v) is 15.2. The first kappa shape index (κ1) is 25.2. The van der Waals surface area contributed by atoms with Crippen LogP contribution in [0.2, 0.25) is 0 Å². The molecule has 0 bridgehead atoms. The molecule has 0 aromatic carbocycles. The molecule has 190 valence electrons. The van der Waals surface area contributed by atoms with Gasteiger partial charge < -0.3 is 5.11 Å². The van der Waals surface area contributed by atoms with Crippen LogP contribution in [0.15, 0.2) is 17.1 Å². The Labute approximate surface area is 214 Å². The van der Waals surface area contributed by atoms with Gasteiger partial charge in [-0.05, 0) is 134 Å². The molecule has 5 fully saturated rings. The summed E-state index contributed by atoms with van der Waals surface area (Å²) in [4.78, 5) is 4.80. The van der Waals surface area contributed by atoms with Crippen LogP contribution in [0.5, 0.6) is 0 Å². The number of fused-ring (bicyclic) bond motifs is 7. The Kier molecular flexibility index (Phi) is 5.74. The van der Waals surface area contributed by atoms with Crippen LogP contribution in [-0.4, -0.2) is 22.4 Å². The third-order valence-corrected chi connectivity index (χ3v) is 13.9. The smallest absolute Gasteiger partial charge is 0.0686 e. The van der Waals surface area contributed by atoms with Gasteiger partial charge in [-0.25, -0.2) is 4.99 Å². The Balaban J connectivity index is 1.60. The number of nitrogens with zero attached hydrogens (tertiary/aromatic N) is 1. The molecule has 5 rings (SSSR count). The lowest BCUT2D eigenvalue weighted by Gasteiger charge is -2.73. The molecular weight excluding hydrogens is 434 g/mol. The summed E-state index contributed by atoms with van der Waals surface area (Å²) in [5.74, 6) is 3.40. The Hall–Kier alpha value is -0.500. The molecule has 1 unspecified atom stereocenters. The van der Waals surface area contributed by atoms with Gasteiger partial charge in [0, 0.05) is 0 Å². The summed E-state index contributed by atoms with van der Waals surface area (Å²) in [6.07, 6.45) is 11.0. The molecule has 3 heteroatoms. The van der Waals surface area contributed by atoms with Gasteiger partial charge in [0.2, 0.25) is 0 Å². The topological polar surface area (TPSA) is 32.6 Å². The van der Waals surface area contributed by atoms with Crippen molar-refractivity contribution in [1.29, 1.82) is 0 Å². The standard InChI is InChI=1S/C31H49NOS/c1-19(2)20-11-13-28(5)15-16-29(6)21(26(20)28)9-10-23-30(29,7)14-12-22-27(3,4)25(33)17-24(32-18-34)31(22,23)8/h20-26,33H,1,9-17H2,2-8H3/t20-,21+,22-,23+,24?,25-,26+,28+,29+,30+,31-/m0/s1. The van der Waals surface area contributed by atoms with E-state index in [0.29, 0.717) is 34.0 Å². The van der Waals surface area contributed by atoms with Crippen molar-refractivity contribution in [3.05, 3.63) is 12.2 Å². The molecule has 11 atom stereocenters. The van der Waals surface area contributed by atoms with Gasteiger partial charge in [-0.3, -0.25) is 0 Å². The molecule has 1 N–H and O–H groups in total. The molecule has 5 aliphatic carbocycles. The molecule has 0 aromatic heterocycles. The number of hydrogen-bond donors (Lipinski definition) is 1. The Bertz CT molecular complexity index is 920. The highest BCUT2D eigenvalue weighted by Crippen LogP contribution is 2.77. The van der Waals surface area contributed by atoms with Crippen molar-refractivity contribution >= 4 is 17.4 Å². The Morgan fingerprint density at radius 1 is 0.912 bits per heavy atom. The van der Waals surface area contributed by atoms with Crippen molar-refractivity contribution < 1.29 is 5.11 Å². The highest BCUT2D eigenvalue weighted by atomic mass is 32.1. The van der Waals surface area contributed by atoms with E-state index in [9.17, 15) is 5.11 Å². The van der Waals surface area contributed by atoms with Crippen LogP contribution in [0, 0.1) is 56.7 Å². The molecule has 2 nitrogen and oxygen atoms in total. The molecule has 0 heterocycles. The predicted octanol–water partition coefficient (Wildman–Crippen LogP) is 8.11. The largest absolute Gasteiger partial charge is 0.392 e. The molecule has 0 aliphatic heterocycles. The highest BCUT2D eigenvalue weighted by molar-refractivity contribution is 7.78. The first-order valence-corrected chi connectivity index (χ1v) is 14.6. The lowest BCUT2D eigenvalue weighted by atomic mass is 9.31. The maximum atomic E-state index is 11.2. The van der Waals surface area contributed by atoms with E-state index in [2.05, 4.69) is 60.2 Å². The van der Waals surface area contributed by atoms with E-state index in [-0.39, 0.29) is 23.0 Å². The summed E-state index contributed by atoms with van der Waals surface area (Å²) in [5.41, 5.74) is 2.58. The zero-order chi connectivity index (χ0) is 24.9. The van der Waals surface area contributed by atoms with Gasteiger partial charge >= 0.3 is 0 Å². The maximum Gasteiger partial charge on any atom is 0.0686 e. The van der Waals surface area contributed by atoms with Crippen LogP contribution in [0.25, 0.3) is 0 Å². The molecule has 0 amide bonds. The van der Waals surface area contributed by atoms with Crippen LogP contribution < -0.4 is 0 Å². The van der Waals surface area contributed by atoms with Crippen molar-refractivity contribution in [3.63, 3.8) is 0 Å². The van der Waals surface area contributed by atoms with Crippen molar-refractivity contribution in [1.82, 2.24) is 0 Å². The fourth-order valence-corrected chi connectivity index (χ4v) is 11.8. The van der Waals surface area contributed by atoms with E-state index in [4.69, 9.17) is 17.2 Å². The number of hydrogen-bond acceptors (Lipinski definition) is 3. The fraction of sp³-hybridized carbons (Fsp3) is 0.903. The number of thiocarbonyl (C=S) groups is 1. The van der Waals surface area contributed by atoms with Crippen molar-refractivity contribution in [2.45, 2.75) is 118 Å². The third-order valence-electron chi connectivity index (χ3n) is 13.8. The summed E-state index contributed by atoms with van der Waals surface area (Å²) in [5, 5.41) is 13.9. The molecular formula is C31H49NOS. The fourth-order valence-electron chi connectivity index (χ4n) is 11.7. The second kappa shape index (κ2) is 7.75. The first-order chi connectivity index (χ1) is 15.8. The number of isothiocyanates is 1. The third kappa shape index (κ3) is 2.96. The van der Waals surface area contributed by atoms with Crippen molar-refractivity contribution in [3.8, 4) is 0 Å². The van der Waals surface area contributed by atoms with Gasteiger partial charge in [-0.15, -0.1) is 0 Å². The van der Waals surface area contributed by atoms with Crippen LogP contribution >= 0.6 is 12.2 Å². The molecule has 34 heavy (non-hydrogen) atoms. The molecule has 0 saturated heterocycles. The number of allylic oxidation sites excluding steroid dienone is 1. The maximum absolute atomic E-state index is 11.2. The van der Waals surface area contributed by atoms with Crippen molar-refractivity contribution in [2.24, 2.45) is 61.7 Å². The number of rotatable bonds is 2. The van der Waals surface area contributed by atoms with Crippen LogP contribution in [-0.2, 0) is 0 Å². The monoisotopic (exact) mass is 483 g/mol. The summed E-state index contributed by atoms with van der Waals surface area (Å²) in [6.45, 7) is 21.9. The molecule has 0 aromatic rings. The number of aliphatic imine (C=N–C) groups is 1. The lowest BCUT2D eigenvalue weighted by molar-refractivity contribution is -0.250. The van der Waals surface area contributed by atoms with Gasteiger partial charge in [-0.2, -0.15) is 0 Å². The van der Waals surface area contributed by atoms with Crippen LogP contribution in [0.4, 0.5) is 0 Å². The van der Waals surface area contributed by atoms with Gasteiger partial charge in [0.15, 0.2) is 0 Å². The summed E-state index contributed by atoms with van der Waals surface area (Å²) < 4.78 is 0. The van der Waals surface area contributed by atoms with E-state index in [0.717, 1.165) is 18.3 Å². The average Bonchev–Trinajstić information content (AvgIpc) is 3.11. The minimum atomic E-state index is -0.316. The molecule has 0 radical (unpaired) electrons. The number of aliphatic hydroxyl groups is 1. The van der Waals surface area contributed by atoms with Gasteiger partial charge in [0.25, 0.3) is 0 Å². The minimum Gasteiger partial charge on any atom is -0.392 e. The van der Waals surface area contributed by atoms with Gasteiger partial charge in [0.1, 0.15) is 0 Å². The Morgan fingerprint density at radius 2 is 1.62 bits per heavy atom. The predicted molar refractivity (Wildman–Crippen MR) is 145 cm³/mol. The Morgan fingerprint density at radius 3 is 2.26 bits per heavy atom. The molecule has 0 spiro atoms. The molecule has 5 aliphatic rings. The van der Waals surface area contributed by atoms with Crippen molar-refractivity contribution in [2.75, 3.05) is 0 Å². The van der Waals surface area contributed by atoms with E-state index < -0.39 is 0 Å². The lowest BCUT2D eigenvalue weighted by Crippen LogP contribution is -2.69. The summed E-state index contributed by atoms with van der Waals surface area (Å²) in [7, 11) is 0. The second-order valence-electron chi connectivity index (χ2n) is 15.0. The van der Waals surface area contributed by atoms with E-state index >= 15 is 0 Å². The zero-order valence-electron chi connectivity index (χ0n) is 22.9. The highest BCUT2D eigenvalue weighted by Gasteiger charge is 2.71. The van der Waals surface area contributed by atoms with E-state index in [1.807, 2.05) is 0 Å². The van der Waals surface area contributed by atoms with Gasteiger partial charge in [-0.1, -0.05) is 53.7 Å². The normalized spacial score (nSPS) is 55.7. The van der Waals surface area contributed by atoms with Gasteiger partial charge in [0.05, 0.1) is 17.3 Å². The molecule has 5 saturated carbocycles. The average molecular weight is 484 g/mol. The van der Waals surface area contributed by atoms with Crippen LogP contribution in [0.3, 0.4) is 0 Å². The van der Waals surface area contributed by atoms with E-state index in [1.54, 1.807) is 0 Å².